The lowest BCUT2D eigenvalue weighted by atomic mass is 10.0. The number of carbonyl (C=O) groups is 1. The quantitative estimate of drug-likeness (QED) is 0.842. The summed E-state index contributed by atoms with van der Waals surface area (Å²) < 4.78 is 13.2. The minimum absolute atomic E-state index is 0.0551. The van der Waals surface area contributed by atoms with Crippen molar-refractivity contribution in [2.24, 2.45) is 22.5 Å². The van der Waals surface area contributed by atoms with Crippen molar-refractivity contribution >= 4 is 28.8 Å². The van der Waals surface area contributed by atoms with Crippen molar-refractivity contribution in [3.63, 3.8) is 0 Å². The molecule has 0 aliphatic heterocycles. The zero-order valence-corrected chi connectivity index (χ0v) is 12.9. The van der Waals surface area contributed by atoms with E-state index in [0.29, 0.717) is 11.3 Å². The normalized spacial score (nSPS) is 19.4. The Morgan fingerprint density at radius 2 is 1.85 bits per heavy atom. The van der Waals surface area contributed by atoms with E-state index in [2.05, 4.69) is 33.0 Å². The number of anilines is 1. The maximum atomic E-state index is 13.2. The minimum atomic E-state index is -0.433. The van der Waals surface area contributed by atoms with Crippen LogP contribution in [0.3, 0.4) is 0 Å². The first-order valence-corrected chi connectivity index (χ1v) is 6.90. The average Bonchev–Trinajstić information content (AvgIpc) is 2.71. The summed E-state index contributed by atoms with van der Waals surface area (Å²) in [6.07, 6.45) is 0. The first kappa shape index (κ1) is 14.9. The Balaban J connectivity index is 2.24. The fraction of sp³-hybridized carbons (Fsp3) is 0.467. The van der Waals surface area contributed by atoms with Gasteiger partial charge in [0.1, 0.15) is 10.8 Å². The molecule has 0 spiro atoms. The highest BCUT2D eigenvalue weighted by molar-refractivity contribution is 7.80. The van der Waals surface area contributed by atoms with Crippen LogP contribution in [0.5, 0.6) is 0 Å². The molecule has 0 aromatic heterocycles. The topological polar surface area (TPSA) is 55.1 Å². The van der Waals surface area contributed by atoms with Gasteiger partial charge in [0.15, 0.2) is 0 Å². The number of hydrogen-bond donors (Lipinski definition) is 2. The smallest absolute Gasteiger partial charge is 0.228 e. The summed E-state index contributed by atoms with van der Waals surface area (Å²) in [4.78, 5) is 12.4. The van der Waals surface area contributed by atoms with Gasteiger partial charge in [0.25, 0.3) is 0 Å². The first-order valence-electron chi connectivity index (χ1n) is 6.49. The molecule has 3 N–H and O–H groups in total. The molecule has 20 heavy (non-hydrogen) atoms. The van der Waals surface area contributed by atoms with Crippen LogP contribution in [-0.4, -0.2) is 10.9 Å². The summed E-state index contributed by atoms with van der Waals surface area (Å²) in [7, 11) is 0. The molecule has 1 aliphatic rings. The van der Waals surface area contributed by atoms with Gasteiger partial charge in [-0.15, -0.1) is 0 Å². The number of carbonyl (C=O) groups excluding carboxylic acids is 1. The summed E-state index contributed by atoms with van der Waals surface area (Å²) >= 11 is 4.89. The fourth-order valence-electron chi connectivity index (χ4n) is 2.89. The van der Waals surface area contributed by atoms with E-state index in [0.717, 1.165) is 0 Å². The van der Waals surface area contributed by atoms with E-state index < -0.39 is 5.82 Å². The van der Waals surface area contributed by atoms with E-state index in [4.69, 9.17) is 18.0 Å². The monoisotopic (exact) mass is 294 g/mol. The molecule has 0 heterocycles. The number of halogens is 1. The molecule has 0 radical (unpaired) electrons. The number of nitrogens with two attached hydrogens (primary N) is 1. The van der Waals surface area contributed by atoms with Crippen LogP contribution in [0.1, 0.15) is 33.3 Å². The predicted molar refractivity (Wildman–Crippen MR) is 82.0 cm³/mol. The van der Waals surface area contributed by atoms with Crippen LogP contribution in [0.4, 0.5) is 10.1 Å². The molecule has 0 bridgehead atoms. The van der Waals surface area contributed by atoms with Crippen molar-refractivity contribution in [2.45, 2.75) is 27.7 Å². The molecule has 1 aliphatic carbocycles. The molecule has 0 unspecified atom stereocenters. The summed E-state index contributed by atoms with van der Waals surface area (Å²) in [5.74, 6) is -0.596. The predicted octanol–water partition coefficient (Wildman–Crippen LogP) is 3.08. The second-order valence-electron chi connectivity index (χ2n) is 6.42. The number of benzene rings is 1. The van der Waals surface area contributed by atoms with Crippen LogP contribution >= 0.6 is 12.2 Å². The lowest BCUT2D eigenvalue weighted by molar-refractivity contribution is -0.118. The number of rotatable bonds is 3. The Morgan fingerprint density at radius 3 is 2.30 bits per heavy atom. The summed E-state index contributed by atoms with van der Waals surface area (Å²) in [6.45, 7) is 8.26. The van der Waals surface area contributed by atoms with Gasteiger partial charge in [0.2, 0.25) is 5.91 Å². The molecule has 3 nitrogen and oxygen atoms in total. The van der Waals surface area contributed by atoms with E-state index in [9.17, 15) is 9.18 Å². The van der Waals surface area contributed by atoms with E-state index in [1.54, 1.807) is 0 Å². The van der Waals surface area contributed by atoms with Gasteiger partial charge in [-0.25, -0.2) is 4.39 Å². The maximum absolute atomic E-state index is 13.2. The second kappa shape index (κ2) is 4.52. The summed E-state index contributed by atoms with van der Waals surface area (Å²) in [6, 6.07) is 4.01. The van der Waals surface area contributed by atoms with Crippen LogP contribution in [0.25, 0.3) is 0 Å². The molecule has 0 saturated heterocycles. The zero-order chi connectivity index (χ0) is 15.3. The zero-order valence-electron chi connectivity index (χ0n) is 12.1. The molecule has 1 saturated carbocycles. The van der Waals surface area contributed by atoms with E-state index in [-0.39, 0.29) is 27.6 Å². The van der Waals surface area contributed by atoms with E-state index in [1.165, 1.54) is 18.2 Å². The maximum Gasteiger partial charge on any atom is 0.228 e. The Labute approximate surface area is 123 Å². The molecular weight excluding hydrogens is 275 g/mol. The van der Waals surface area contributed by atoms with Gasteiger partial charge in [-0.2, -0.15) is 0 Å². The molecule has 1 aromatic carbocycles. The minimum Gasteiger partial charge on any atom is -0.389 e. The third-order valence-corrected chi connectivity index (χ3v) is 5.01. The molecule has 108 valence electrons. The lowest BCUT2D eigenvalue weighted by Crippen LogP contribution is -2.21. The van der Waals surface area contributed by atoms with Gasteiger partial charge in [-0.05, 0) is 29.0 Å². The van der Waals surface area contributed by atoms with Crippen LogP contribution < -0.4 is 11.1 Å². The molecule has 2 rings (SSSR count). The molecule has 1 amide bonds. The molecule has 1 aromatic rings. The van der Waals surface area contributed by atoms with Gasteiger partial charge >= 0.3 is 0 Å². The standard InChI is InChI=1S/C15H19FN2OS/c1-14(2)11(15(14,3)4)13(19)18-10-6-5-8(16)7-9(10)12(17)20/h5-7,11H,1-4H3,(H2,17,20)(H,18,19). The summed E-state index contributed by atoms with van der Waals surface area (Å²) in [5, 5.41) is 2.82. The van der Waals surface area contributed by atoms with Crippen molar-refractivity contribution in [2.75, 3.05) is 5.32 Å². The molecule has 5 heteroatoms. The third-order valence-electron chi connectivity index (χ3n) is 4.79. The number of amides is 1. The highest BCUT2D eigenvalue weighted by atomic mass is 32.1. The van der Waals surface area contributed by atoms with Crippen LogP contribution in [-0.2, 0) is 4.79 Å². The second-order valence-corrected chi connectivity index (χ2v) is 6.86. The number of nitrogens with one attached hydrogen (secondary N) is 1. The van der Waals surface area contributed by atoms with Crippen molar-refractivity contribution in [3.8, 4) is 0 Å². The number of hydrogen-bond acceptors (Lipinski definition) is 2. The van der Waals surface area contributed by atoms with Gasteiger partial charge < -0.3 is 11.1 Å². The summed E-state index contributed by atoms with van der Waals surface area (Å²) in [5.41, 5.74) is 6.27. The van der Waals surface area contributed by atoms with Crippen LogP contribution in [0.2, 0.25) is 0 Å². The van der Waals surface area contributed by atoms with Gasteiger partial charge in [0, 0.05) is 11.5 Å². The molecule has 0 atom stereocenters. The highest BCUT2D eigenvalue weighted by Gasteiger charge is 2.68. The van der Waals surface area contributed by atoms with Gasteiger partial charge in [-0.1, -0.05) is 39.9 Å². The molecular formula is C15H19FN2OS. The van der Waals surface area contributed by atoms with Gasteiger partial charge in [0.05, 0.1) is 5.69 Å². The number of thiocarbonyl (C=S) groups is 1. The Bertz CT molecular complexity index is 582. The SMILES string of the molecule is CC1(C)C(C(=O)Nc2ccc(F)cc2C(N)=S)C1(C)C. The average molecular weight is 294 g/mol. The molecule has 1 fully saturated rings. The Kier molecular flexibility index (Phi) is 3.37. The largest absolute Gasteiger partial charge is 0.389 e. The highest BCUT2D eigenvalue weighted by Crippen LogP contribution is 2.68. The van der Waals surface area contributed by atoms with Crippen molar-refractivity contribution < 1.29 is 9.18 Å². The Hall–Kier alpha value is -1.49. The van der Waals surface area contributed by atoms with Crippen molar-refractivity contribution in [1.29, 1.82) is 0 Å². The lowest BCUT2D eigenvalue weighted by Gasteiger charge is -2.11. The van der Waals surface area contributed by atoms with E-state index >= 15 is 0 Å². The van der Waals surface area contributed by atoms with Crippen LogP contribution in [0.15, 0.2) is 18.2 Å². The third kappa shape index (κ3) is 2.20. The van der Waals surface area contributed by atoms with Crippen molar-refractivity contribution in [1.82, 2.24) is 0 Å². The Morgan fingerprint density at radius 1 is 1.30 bits per heavy atom. The van der Waals surface area contributed by atoms with E-state index in [1.807, 2.05) is 0 Å². The van der Waals surface area contributed by atoms with Crippen molar-refractivity contribution in [3.05, 3.63) is 29.6 Å². The first-order chi connectivity index (χ1) is 9.09. The fourth-order valence-corrected chi connectivity index (χ4v) is 3.05. The van der Waals surface area contributed by atoms with Crippen LogP contribution in [0, 0.1) is 22.6 Å². The van der Waals surface area contributed by atoms with Gasteiger partial charge in [-0.3, -0.25) is 4.79 Å².